The topological polar surface area (TPSA) is 105 Å². The number of anilines is 1. The predicted molar refractivity (Wildman–Crippen MR) is 172 cm³/mol. The van der Waals surface area contributed by atoms with E-state index in [4.69, 9.17) is 21.1 Å². The zero-order valence-corrected chi connectivity index (χ0v) is 27.2. The number of nitrogens with zero attached hydrogens (tertiary/aromatic N) is 2. The van der Waals surface area contributed by atoms with Gasteiger partial charge in [-0.2, -0.15) is 0 Å². The van der Waals surface area contributed by atoms with E-state index in [-0.39, 0.29) is 34.8 Å². The summed E-state index contributed by atoms with van der Waals surface area (Å²) in [6.07, 6.45) is 5.05. The molecule has 0 aromatic heterocycles. The lowest BCUT2D eigenvalue weighted by molar-refractivity contribution is -0.139. The van der Waals surface area contributed by atoms with Crippen LogP contribution in [-0.4, -0.2) is 58.0 Å². The van der Waals surface area contributed by atoms with Crippen LogP contribution in [0.2, 0.25) is 5.02 Å². The second-order valence-electron chi connectivity index (χ2n) is 11.0. The van der Waals surface area contributed by atoms with Crippen molar-refractivity contribution in [2.24, 2.45) is 0 Å². The van der Waals surface area contributed by atoms with Crippen molar-refractivity contribution in [2.45, 2.75) is 69.5 Å². The number of aryl methyl sites for hydroxylation is 1. The Hall–Kier alpha value is -3.76. The SMILES string of the molecule is COc1ccc(S(=O)(=O)N(CC(=O)N(Cc2cccc(C)c2)C(C)C(=O)NC2CCCCC2)c2ccc(Cl)cc2)cc1OC. The highest BCUT2D eigenvalue weighted by Gasteiger charge is 2.33. The Labute approximate surface area is 265 Å². The average molecular weight is 642 g/mol. The molecule has 9 nitrogen and oxygen atoms in total. The maximum Gasteiger partial charge on any atom is 0.264 e. The summed E-state index contributed by atoms with van der Waals surface area (Å²) >= 11 is 6.12. The molecule has 0 radical (unpaired) electrons. The van der Waals surface area contributed by atoms with Crippen LogP contribution in [0.25, 0.3) is 0 Å². The molecule has 236 valence electrons. The number of ether oxygens (including phenoxy) is 2. The minimum absolute atomic E-state index is 0.0608. The molecular weight excluding hydrogens is 602 g/mol. The van der Waals surface area contributed by atoms with Gasteiger partial charge in [0.05, 0.1) is 24.8 Å². The molecule has 0 bridgehead atoms. The zero-order valence-electron chi connectivity index (χ0n) is 25.6. The van der Waals surface area contributed by atoms with Crippen LogP contribution < -0.4 is 19.1 Å². The highest BCUT2D eigenvalue weighted by atomic mass is 35.5. The summed E-state index contributed by atoms with van der Waals surface area (Å²) in [4.78, 5) is 29.0. The van der Waals surface area contributed by atoms with Crippen molar-refractivity contribution < 1.29 is 27.5 Å². The van der Waals surface area contributed by atoms with Crippen LogP contribution in [0.5, 0.6) is 11.5 Å². The number of methoxy groups -OCH3 is 2. The van der Waals surface area contributed by atoms with E-state index in [1.54, 1.807) is 19.1 Å². The lowest BCUT2D eigenvalue weighted by Crippen LogP contribution is -2.53. The van der Waals surface area contributed by atoms with Crippen LogP contribution in [0, 0.1) is 6.92 Å². The Morgan fingerprint density at radius 1 is 0.955 bits per heavy atom. The van der Waals surface area contributed by atoms with Crippen molar-refractivity contribution >= 4 is 39.1 Å². The Balaban J connectivity index is 1.70. The fourth-order valence-electron chi connectivity index (χ4n) is 5.40. The number of amides is 2. The molecule has 1 saturated carbocycles. The maximum absolute atomic E-state index is 14.2. The van der Waals surface area contributed by atoms with E-state index in [9.17, 15) is 18.0 Å². The minimum atomic E-state index is -4.29. The first-order valence-electron chi connectivity index (χ1n) is 14.7. The molecule has 1 aliphatic rings. The van der Waals surface area contributed by atoms with Gasteiger partial charge in [0.15, 0.2) is 11.5 Å². The molecule has 0 aliphatic heterocycles. The van der Waals surface area contributed by atoms with E-state index in [0.29, 0.717) is 10.8 Å². The molecular formula is C33H40ClN3O6S. The smallest absolute Gasteiger partial charge is 0.264 e. The van der Waals surface area contributed by atoms with Gasteiger partial charge in [-0.05, 0) is 68.7 Å². The third-order valence-electron chi connectivity index (χ3n) is 7.89. The summed E-state index contributed by atoms with van der Waals surface area (Å²) in [7, 11) is -1.42. The Kier molecular flexibility index (Phi) is 11.2. The molecule has 0 saturated heterocycles. The Morgan fingerprint density at radius 3 is 2.27 bits per heavy atom. The lowest BCUT2D eigenvalue weighted by Gasteiger charge is -2.33. The van der Waals surface area contributed by atoms with E-state index in [1.807, 2.05) is 31.2 Å². The first-order valence-corrected chi connectivity index (χ1v) is 16.5. The zero-order chi connectivity index (χ0) is 31.9. The average Bonchev–Trinajstić information content (AvgIpc) is 3.02. The Morgan fingerprint density at radius 2 is 1.64 bits per heavy atom. The van der Waals surface area contributed by atoms with Crippen LogP contribution >= 0.6 is 11.6 Å². The number of rotatable bonds is 12. The largest absolute Gasteiger partial charge is 0.493 e. The van der Waals surface area contributed by atoms with Gasteiger partial charge < -0.3 is 19.7 Å². The van der Waals surface area contributed by atoms with Crippen molar-refractivity contribution in [1.29, 1.82) is 0 Å². The summed E-state index contributed by atoms with van der Waals surface area (Å²) in [5, 5.41) is 3.53. The van der Waals surface area contributed by atoms with Gasteiger partial charge in [-0.1, -0.05) is 60.7 Å². The second-order valence-corrected chi connectivity index (χ2v) is 13.3. The molecule has 0 spiro atoms. The van der Waals surface area contributed by atoms with Gasteiger partial charge >= 0.3 is 0 Å². The van der Waals surface area contributed by atoms with Crippen LogP contribution in [0.4, 0.5) is 5.69 Å². The fraction of sp³-hybridized carbons (Fsp3) is 0.394. The number of nitrogens with one attached hydrogen (secondary N) is 1. The van der Waals surface area contributed by atoms with Gasteiger partial charge in [0.25, 0.3) is 10.0 Å². The first-order chi connectivity index (χ1) is 21.0. The number of carbonyl (C=O) groups is 2. The van der Waals surface area contributed by atoms with Gasteiger partial charge in [-0.15, -0.1) is 0 Å². The molecule has 1 N–H and O–H groups in total. The van der Waals surface area contributed by atoms with Crippen molar-refractivity contribution in [3.05, 3.63) is 82.9 Å². The van der Waals surface area contributed by atoms with Gasteiger partial charge in [0.1, 0.15) is 12.6 Å². The molecule has 0 heterocycles. The van der Waals surface area contributed by atoms with Gasteiger partial charge in [-0.3, -0.25) is 13.9 Å². The third kappa shape index (κ3) is 8.04. The summed E-state index contributed by atoms with van der Waals surface area (Å²) in [6.45, 7) is 3.21. The van der Waals surface area contributed by atoms with Crippen molar-refractivity contribution in [1.82, 2.24) is 10.2 Å². The van der Waals surface area contributed by atoms with Crippen molar-refractivity contribution in [2.75, 3.05) is 25.1 Å². The monoisotopic (exact) mass is 641 g/mol. The second kappa shape index (κ2) is 14.8. The first kappa shape index (κ1) is 33.1. The molecule has 44 heavy (non-hydrogen) atoms. The van der Waals surface area contributed by atoms with E-state index < -0.39 is 28.5 Å². The number of halogens is 1. The molecule has 1 fully saturated rings. The number of hydrogen-bond donors (Lipinski definition) is 1. The van der Waals surface area contributed by atoms with Gasteiger partial charge in [-0.25, -0.2) is 8.42 Å². The molecule has 3 aromatic rings. The van der Waals surface area contributed by atoms with Crippen LogP contribution in [0.15, 0.2) is 71.6 Å². The molecule has 11 heteroatoms. The summed E-state index contributed by atoms with van der Waals surface area (Å²) in [6, 6.07) is 17.3. The Bertz CT molecular complexity index is 1560. The van der Waals surface area contributed by atoms with Gasteiger partial charge in [0.2, 0.25) is 11.8 Å². The van der Waals surface area contributed by atoms with Crippen molar-refractivity contribution in [3.63, 3.8) is 0 Å². The fourth-order valence-corrected chi connectivity index (χ4v) is 6.95. The molecule has 4 rings (SSSR count). The summed E-state index contributed by atoms with van der Waals surface area (Å²) < 4.78 is 40.0. The quantitative estimate of drug-likeness (QED) is 0.271. The lowest BCUT2D eigenvalue weighted by atomic mass is 9.95. The number of hydrogen-bond acceptors (Lipinski definition) is 6. The molecule has 1 aliphatic carbocycles. The molecule has 3 aromatic carbocycles. The molecule has 2 amide bonds. The molecule has 1 unspecified atom stereocenters. The normalized spacial score (nSPS) is 14.4. The highest BCUT2D eigenvalue weighted by molar-refractivity contribution is 7.92. The van der Waals surface area contributed by atoms with Crippen LogP contribution in [0.1, 0.15) is 50.2 Å². The van der Waals surface area contributed by atoms with E-state index in [2.05, 4.69) is 5.32 Å². The third-order valence-corrected chi connectivity index (χ3v) is 9.91. The van der Waals surface area contributed by atoms with E-state index >= 15 is 0 Å². The molecule has 1 atom stereocenters. The number of benzene rings is 3. The summed E-state index contributed by atoms with van der Waals surface area (Å²) in [5.41, 5.74) is 2.08. The van der Waals surface area contributed by atoms with Crippen LogP contribution in [-0.2, 0) is 26.2 Å². The number of carbonyl (C=O) groups excluding carboxylic acids is 2. The summed E-state index contributed by atoms with van der Waals surface area (Å²) in [5.74, 6) is -0.205. The predicted octanol–water partition coefficient (Wildman–Crippen LogP) is 5.73. The standard InChI is InChI=1S/C33H40ClN3O6S/c1-23-9-8-10-25(19-23)21-36(24(2)33(39)35-27-11-6-5-7-12-27)32(38)22-37(28-15-13-26(34)14-16-28)44(40,41)29-17-18-30(42-3)31(20-29)43-4/h8-10,13-20,24,27H,5-7,11-12,21-22H2,1-4H3,(H,35,39). The van der Waals surface area contributed by atoms with E-state index in [1.165, 1.54) is 49.5 Å². The van der Waals surface area contributed by atoms with Crippen molar-refractivity contribution in [3.8, 4) is 11.5 Å². The van der Waals surface area contributed by atoms with Crippen LogP contribution in [0.3, 0.4) is 0 Å². The number of sulfonamides is 1. The minimum Gasteiger partial charge on any atom is -0.493 e. The maximum atomic E-state index is 14.2. The van der Waals surface area contributed by atoms with Gasteiger partial charge in [0, 0.05) is 23.7 Å². The highest BCUT2D eigenvalue weighted by Crippen LogP contribution is 2.33. The van der Waals surface area contributed by atoms with E-state index in [0.717, 1.165) is 47.5 Å².